The molecular weight excluding hydrogens is 1080 g/mol. The number of aliphatic hydroxyl groups excluding tert-OH is 1. The number of alkyl carbamates (subject to hydrolysis) is 2. The van der Waals surface area contributed by atoms with Crippen molar-refractivity contribution in [2.45, 2.75) is 134 Å². The molecule has 5 N–H and O–H groups in total. The molecule has 6 rings (SSSR count). The van der Waals surface area contributed by atoms with Gasteiger partial charge in [0.2, 0.25) is 0 Å². The lowest BCUT2D eigenvalue weighted by Crippen LogP contribution is -2.50. The van der Waals surface area contributed by atoms with Crippen molar-refractivity contribution in [3.05, 3.63) is 123 Å². The molecule has 436 valence electrons. The van der Waals surface area contributed by atoms with Gasteiger partial charge in [-0.2, -0.15) is 0 Å². The van der Waals surface area contributed by atoms with Gasteiger partial charge in [-0.1, -0.05) is 93.1 Å². The summed E-state index contributed by atoms with van der Waals surface area (Å²) in [6.07, 6.45) is 16.9. The van der Waals surface area contributed by atoms with Crippen LogP contribution in [-0.2, 0) is 29.5 Å². The smallest absolute Gasteiger partial charge is 0.407 e. The third kappa shape index (κ3) is 18.9. The van der Waals surface area contributed by atoms with Crippen LogP contribution in [-0.4, -0.2) is 120 Å². The number of aromatic nitrogens is 6. The van der Waals surface area contributed by atoms with E-state index in [9.17, 15) is 31.5 Å². The SMILES string of the molecule is C#CC(CNS(=O)(=O)c1ccccn1)[C@H](CCCC)NC(=O)O[C@H](COc1ccc(-n2cnc(-c3ccc(S(=O)(=O)NC[C@H](O)[C@H](CCCC)NC(=O)O[C@H](COc4ccc(-n5ccnc5)cc4)C(C)(C)C)nc3)c2)cc1)C(C)(C)C. The monoisotopic (exact) mass is 1150 g/mol. The Morgan fingerprint density at radius 3 is 1.70 bits per heavy atom. The summed E-state index contributed by atoms with van der Waals surface area (Å²) in [4.78, 5) is 43.5. The summed E-state index contributed by atoms with van der Waals surface area (Å²) in [5.41, 5.74) is 1.67. The van der Waals surface area contributed by atoms with E-state index in [2.05, 4.69) is 45.9 Å². The van der Waals surface area contributed by atoms with Crippen LogP contribution in [0, 0.1) is 29.1 Å². The molecule has 0 spiro atoms. The molecule has 23 heteroatoms. The van der Waals surface area contributed by atoms with Crippen LogP contribution in [0.5, 0.6) is 11.5 Å². The fraction of sp³-hybridized carbons (Fsp3) is 0.448. The summed E-state index contributed by atoms with van der Waals surface area (Å²) >= 11 is 0. The highest BCUT2D eigenvalue weighted by Gasteiger charge is 2.34. The summed E-state index contributed by atoms with van der Waals surface area (Å²) in [6, 6.07) is 20.7. The standard InChI is InChI=1S/C58H76N10O11S2/c1-10-13-17-47(41(12-3)34-63-80(72,73)53-19-15-16-30-60-53)65-55(70)78-51(57(4,5)6)37-77-46-27-23-44(24-28-46)68-36-49(62-40-68)42-20-29-54(61-33-42)81(74,75)64-35-50(69)48(18-14-11-2)66-56(71)79-52(58(7,8)9)38-76-45-25-21-43(22-26-45)67-32-31-59-39-67/h3,15-16,19-33,36,39-41,47-48,50-52,63-64,69H,10-11,13-14,17-18,34-35,37-38H2,1-2,4-9H3,(H,65,70)(H,66,71)/t41?,47-,48-,50-,51+,52+/m0/s1. The molecule has 6 aromatic rings. The van der Waals surface area contributed by atoms with Crippen LogP contribution >= 0.6 is 0 Å². The molecule has 0 bridgehead atoms. The predicted octanol–water partition coefficient (Wildman–Crippen LogP) is 8.24. The summed E-state index contributed by atoms with van der Waals surface area (Å²) in [6.45, 7) is 15.1. The molecule has 2 aromatic carbocycles. The van der Waals surface area contributed by atoms with Crippen LogP contribution in [0.3, 0.4) is 0 Å². The van der Waals surface area contributed by atoms with Crippen LogP contribution in [0.25, 0.3) is 22.6 Å². The zero-order chi connectivity index (χ0) is 58.8. The number of nitrogens with zero attached hydrogens (tertiary/aromatic N) is 6. The van der Waals surface area contributed by atoms with Crippen LogP contribution in [0.1, 0.15) is 93.9 Å². The molecule has 1 unspecified atom stereocenters. The zero-order valence-electron chi connectivity index (χ0n) is 47.2. The van der Waals surface area contributed by atoms with Gasteiger partial charge in [-0.3, -0.25) is 0 Å². The van der Waals surface area contributed by atoms with Gasteiger partial charge >= 0.3 is 12.2 Å². The molecule has 4 heterocycles. The van der Waals surface area contributed by atoms with Crippen LogP contribution < -0.4 is 29.6 Å². The average Bonchev–Trinajstić information content (AvgIpc) is 4.18. The highest BCUT2D eigenvalue weighted by Crippen LogP contribution is 2.28. The molecule has 2 amide bonds. The van der Waals surface area contributed by atoms with Crippen molar-refractivity contribution in [3.8, 4) is 46.5 Å². The second kappa shape index (κ2) is 28.9. The minimum Gasteiger partial charge on any atom is -0.490 e. The van der Waals surface area contributed by atoms with Crippen molar-refractivity contribution >= 4 is 32.2 Å². The van der Waals surface area contributed by atoms with Gasteiger partial charge < -0.3 is 43.8 Å². The van der Waals surface area contributed by atoms with Gasteiger partial charge in [0.05, 0.1) is 36.4 Å². The molecule has 4 aromatic heterocycles. The van der Waals surface area contributed by atoms with E-state index >= 15 is 0 Å². The highest BCUT2D eigenvalue weighted by molar-refractivity contribution is 7.89. The molecule has 0 aliphatic rings. The van der Waals surface area contributed by atoms with E-state index in [0.29, 0.717) is 42.0 Å². The van der Waals surface area contributed by atoms with E-state index in [1.165, 1.54) is 24.5 Å². The molecule has 21 nitrogen and oxygen atoms in total. The van der Waals surface area contributed by atoms with Gasteiger partial charge in [0.1, 0.15) is 36.9 Å². The molecule has 0 saturated heterocycles. The molecular formula is C58H76N10O11S2. The largest absolute Gasteiger partial charge is 0.490 e. The van der Waals surface area contributed by atoms with Crippen molar-refractivity contribution in [1.29, 1.82) is 0 Å². The first-order chi connectivity index (χ1) is 38.5. The summed E-state index contributed by atoms with van der Waals surface area (Å²) in [7, 11) is -8.13. The number of amides is 2. The molecule has 81 heavy (non-hydrogen) atoms. The Morgan fingerprint density at radius 1 is 0.667 bits per heavy atom. The molecule has 0 radical (unpaired) electrons. The number of carbonyl (C=O) groups is 2. The summed E-state index contributed by atoms with van der Waals surface area (Å²) in [5, 5.41) is 16.5. The lowest BCUT2D eigenvalue weighted by Gasteiger charge is -2.31. The quantitative estimate of drug-likeness (QED) is 0.0277. The second-order valence-corrected chi connectivity index (χ2v) is 25.1. The van der Waals surface area contributed by atoms with Crippen molar-refractivity contribution in [2.75, 3.05) is 26.3 Å². The Hall–Kier alpha value is -7.36. The summed E-state index contributed by atoms with van der Waals surface area (Å²) in [5.74, 6) is 3.06. The Bertz CT molecular complexity index is 3180. The molecule has 6 atom stereocenters. The topological polar surface area (TPSA) is 269 Å². The Balaban J connectivity index is 0.994. The second-order valence-electron chi connectivity index (χ2n) is 21.6. The van der Waals surface area contributed by atoms with Crippen molar-refractivity contribution < 1.29 is 50.5 Å². The molecule has 0 fully saturated rings. The lowest BCUT2D eigenvalue weighted by atomic mass is 9.89. The highest BCUT2D eigenvalue weighted by atomic mass is 32.2. The fourth-order valence-electron chi connectivity index (χ4n) is 8.13. The Morgan fingerprint density at radius 2 is 1.21 bits per heavy atom. The van der Waals surface area contributed by atoms with Crippen LogP contribution in [0.15, 0.2) is 133 Å². The number of imidazole rings is 2. The van der Waals surface area contributed by atoms with Gasteiger partial charge in [-0.25, -0.2) is 55.8 Å². The maximum atomic E-state index is 13.5. The van der Waals surface area contributed by atoms with Crippen molar-refractivity contribution in [2.24, 2.45) is 16.7 Å². The van der Waals surface area contributed by atoms with E-state index in [1.54, 1.807) is 59.9 Å². The normalized spacial score (nSPS) is 14.3. The van der Waals surface area contributed by atoms with E-state index in [4.69, 9.17) is 25.4 Å². The number of ether oxygens (including phenoxy) is 4. The van der Waals surface area contributed by atoms with Gasteiger partial charge in [-0.05, 0) is 85.6 Å². The van der Waals surface area contributed by atoms with Crippen molar-refractivity contribution in [3.63, 3.8) is 0 Å². The first-order valence-electron chi connectivity index (χ1n) is 26.9. The van der Waals surface area contributed by atoms with Crippen LogP contribution in [0.2, 0.25) is 0 Å². The summed E-state index contributed by atoms with van der Waals surface area (Å²) < 4.78 is 85.2. The van der Waals surface area contributed by atoms with Crippen LogP contribution in [0.4, 0.5) is 9.59 Å². The van der Waals surface area contributed by atoms with E-state index in [-0.39, 0.29) is 29.8 Å². The van der Waals surface area contributed by atoms with Crippen molar-refractivity contribution in [1.82, 2.24) is 49.1 Å². The Kier molecular flexibility index (Phi) is 22.4. The average molecular weight is 1150 g/mol. The number of sulfonamides is 2. The molecule has 0 aliphatic carbocycles. The predicted molar refractivity (Wildman–Crippen MR) is 307 cm³/mol. The fourth-order valence-corrected chi connectivity index (χ4v) is 10.1. The number of nitrogens with one attached hydrogen (secondary N) is 4. The number of aliphatic hydroxyl groups is 1. The molecule has 0 saturated carbocycles. The number of benzene rings is 2. The number of terminal acetylenes is 1. The molecule has 0 aliphatic heterocycles. The third-order valence-corrected chi connectivity index (χ3v) is 16.0. The lowest BCUT2D eigenvalue weighted by molar-refractivity contribution is -0.00275. The maximum Gasteiger partial charge on any atom is 0.407 e. The number of hydrogen-bond acceptors (Lipinski definition) is 15. The number of rotatable bonds is 29. The number of hydrogen-bond donors (Lipinski definition) is 5. The minimum atomic E-state index is -4.20. The van der Waals surface area contributed by atoms with E-state index < -0.39 is 85.9 Å². The third-order valence-electron chi connectivity index (χ3n) is 13.3. The minimum absolute atomic E-state index is 0.0248. The Labute approximate surface area is 476 Å². The van der Waals surface area contributed by atoms with E-state index in [1.807, 2.05) is 103 Å². The first-order valence-corrected chi connectivity index (χ1v) is 29.9. The van der Waals surface area contributed by atoms with Gasteiger partial charge in [0.15, 0.2) is 10.1 Å². The van der Waals surface area contributed by atoms with Gasteiger partial charge in [-0.15, -0.1) is 6.42 Å². The van der Waals surface area contributed by atoms with Gasteiger partial charge in [0.25, 0.3) is 20.0 Å². The zero-order valence-corrected chi connectivity index (χ0v) is 48.8. The number of carbonyl (C=O) groups excluding carboxylic acids is 2. The number of unbranched alkanes of at least 4 members (excludes halogenated alkanes) is 2. The van der Waals surface area contributed by atoms with Gasteiger partial charge in [0, 0.05) is 77.9 Å². The number of pyridine rings is 2. The first kappa shape index (κ1) is 62.8. The van der Waals surface area contributed by atoms with E-state index in [0.717, 1.165) is 30.6 Å². The maximum absolute atomic E-state index is 13.5.